The number of carboxylic acid groups (broad SMARTS) is 1. The van der Waals surface area contributed by atoms with Gasteiger partial charge in [0.05, 0.1) is 6.61 Å². The summed E-state index contributed by atoms with van der Waals surface area (Å²) in [5.74, 6) is -0.700. The van der Waals surface area contributed by atoms with Gasteiger partial charge in [0.1, 0.15) is 24.4 Å². The Morgan fingerprint density at radius 3 is 1.84 bits per heavy atom. The van der Waals surface area contributed by atoms with E-state index >= 15 is 0 Å². The highest BCUT2D eigenvalue weighted by Gasteiger charge is 2.43. The molecule has 0 amide bonds. The van der Waals surface area contributed by atoms with Crippen LogP contribution in [0.15, 0.2) is 12.2 Å². The smallest absolute Gasteiger partial charge is 0.303 e. The molecule has 0 radical (unpaired) electrons. The van der Waals surface area contributed by atoms with Crippen LogP contribution in [0.3, 0.4) is 0 Å². The van der Waals surface area contributed by atoms with Crippen molar-refractivity contribution in [2.75, 3.05) is 13.2 Å². The molecule has 5 atom stereocenters. The topological polar surface area (TPSA) is 137 Å². The maximum atomic E-state index is 10.4. The Hall–Kier alpha value is -1.03. The molecule has 0 aromatic heterocycles. The first-order valence-electron chi connectivity index (χ1n) is 12.3. The maximum Gasteiger partial charge on any atom is 0.303 e. The SMILES string of the molecule is O=C(O)CCCCCCCC=CCCCCCCCCO[C@H]1O[C@H](CO)[C@@H](O)[C@H](O)[C@H]1O. The number of carbonyl (C=O) groups is 1. The molecule has 1 saturated heterocycles. The van der Waals surface area contributed by atoms with Crippen molar-refractivity contribution in [1.29, 1.82) is 0 Å². The van der Waals surface area contributed by atoms with E-state index in [0.29, 0.717) is 6.61 Å². The van der Waals surface area contributed by atoms with Gasteiger partial charge in [-0.15, -0.1) is 0 Å². The van der Waals surface area contributed by atoms with Crippen molar-refractivity contribution >= 4 is 5.97 Å². The van der Waals surface area contributed by atoms with E-state index in [4.69, 9.17) is 19.7 Å². The third-order valence-electron chi connectivity index (χ3n) is 5.82. The first-order chi connectivity index (χ1) is 15.5. The van der Waals surface area contributed by atoms with E-state index in [2.05, 4.69) is 12.2 Å². The maximum absolute atomic E-state index is 10.4. The molecule has 0 aromatic carbocycles. The van der Waals surface area contributed by atoms with Crippen LogP contribution in [-0.2, 0) is 14.3 Å². The highest BCUT2D eigenvalue weighted by molar-refractivity contribution is 5.66. The second-order valence-electron chi connectivity index (χ2n) is 8.65. The zero-order valence-electron chi connectivity index (χ0n) is 19.3. The Balaban J connectivity index is 1.88. The Bertz CT molecular complexity index is 496. The number of hydrogen-bond acceptors (Lipinski definition) is 7. The van der Waals surface area contributed by atoms with Crippen LogP contribution in [0.2, 0.25) is 0 Å². The molecule has 32 heavy (non-hydrogen) atoms. The molecule has 0 saturated carbocycles. The van der Waals surface area contributed by atoms with Gasteiger partial charge < -0.3 is 35.0 Å². The van der Waals surface area contributed by atoms with Gasteiger partial charge in [-0.25, -0.2) is 0 Å². The largest absolute Gasteiger partial charge is 0.481 e. The van der Waals surface area contributed by atoms with Crippen LogP contribution in [-0.4, -0.2) is 75.4 Å². The molecule has 1 rings (SSSR count). The number of hydrogen-bond donors (Lipinski definition) is 5. The minimum atomic E-state index is -1.39. The molecule has 0 bridgehead atoms. The van der Waals surface area contributed by atoms with E-state index in [0.717, 1.165) is 51.4 Å². The molecule has 1 aliphatic rings. The van der Waals surface area contributed by atoms with Crippen LogP contribution >= 0.6 is 0 Å². The molecule has 0 unspecified atom stereocenters. The second-order valence-corrected chi connectivity index (χ2v) is 8.65. The van der Waals surface area contributed by atoms with Crippen molar-refractivity contribution in [1.82, 2.24) is 0 Å². The van der Waals surface area contributed by atoms with Crippen LogP contribution < -0.4 is 0 Å². The number of allylic oxidation sites excluding steroid dienone is 2. The molecule has 5 N–H and O–H groups in total. The lowest BCUT2D eigenvalue weighted by Gasteiger charge is -2.39. The molecular formula is C24H44O8. The molecule has 8 heteroatoms. The van der Waals surface area contributed by atoms with E-state index in [-0.39, 0.29) is 6.42 Å². The van der Waals surface area contributed by atoms with Gasteiger partial charge in [0.25, 0.3) is 0 Å². The predicted molar refractivity (Wildman–Crippen MR) is 121 cm³/mol. The van der Waals surface area contributed by atoms with Gasteiger partial charge in [-0.05, 0) is 38.5 Å². The number of ether oxygens (including phenoxy) is 2. The Morgan fingerprint density at radius 2 is 1.28 bits per heavy atom. The van der Waals surface area contributed by atoms with Gasteiger partial charge in [0, 0.05) is 13.0 Å². The highest BCUT2D eigenvalue weighted by Crippen LogP contribution is 2.22. The zero-order valence-corrected chi connectivity index (χ0v) is 19.3. The first-order valence-corrected chi connectivity index (χ1v) is 12.3. The Kier molecular flexibility index (Phi) is 16.7. The van der Waals surface area contributed by atoms with Crippen molar-refractivity contribution < 1.29 is 39.8 Å². The van der Waals surface area contributed by atoms with E-state index < -0.39 is 43.3 Å². The highest BCUT2D eigenvalue weighted by atomic mass is 16.7. The van der Waals surface area contributed by atoms with Crippen molar-refractivity contribution in [3.63, 3.8) is 0 Å². The quantitative estimate of drug-likeness (QED) is 0.147. The summed E-state index contributed by atoms with van der Waals surface area (Å²) in [6.45, 7) is -0.0544. The molecule has 0 aliphatic carbocycles. The summed E-state index contributed by atoms with van der Waals surface area (Å²) in [6, 6.07) is 0. The van der Waals surface area contributed by atoms with Gasteiger partial charge in [-0.2, -0.15) is 0 Å². The van der Waals surface area contributed by atoms with Crippen molar-refractivity contribution in [3.8, 4) is 0 Å². The fourth-order valence-corrected chi connectivity index (χ4v) is 3.78. The molecule has 1 aliphatic heterocycles. The summed E-state index contributed by atoms with van der Waals surface area (Å²) in [7, 11) is 0. The third-order valence-corrected chi connectivity index (χ3v) is 5.82. The monoisotopic (exact) mass is 460 g/mol. The van der Waals surface area contributed by atoms with Gasteiger partial charge in [0.2, 0.25) is 0 Å². The zero-order chi connectivity index (χ0) is 23.6. The first kappa shape index (κ1) is 29.0. The number of unbranched alkanes of at least 4 members (excludes halogenated alkanes) is 11. The predicted octanol–water partition coefficient (Wildman–Crippen LogP) is 2.91. The lowest BCUT2D eigenvalue weighted by Crippen LogP contribution is -2.59. The van der Waals surface area contributed by atoms with Gasteiger partial charge >= 0.3 is 5.97 Å². The van der Waals surface area contributed by atoms with Crippen molar-refractivity contribution in [2.24, 2.45) is 0 Å². The fourth-order valence-electron chi connectivity index (χ4n) is 3.78. The van der Waals surface area contributed by atoms with E-state index in [9.17, 15) is 20.1 Å². The molecule has 1 fully saturated rings. The van der Waals surface area contributed by atoms with Crippen LogP contribution in [0.4, 0.5) is 0 Å². The summed E-state index contributed by atoms with van der Waals surface area (Å²) >= 11 is 0. The average molecular weight is 461 g/mol. The number of aliphatic carboxylic acids is 1. The molecule has 0 aromatic rings. The Labute approximate surface area is 192 Å². The second kappa shape index (κ2) is 18.4. The summed E-state index contributed by atoms with van der Waals surface area (Å²) in [5.41, 5.74) is 0. The van der Waals surface area contributed by atoms with Gasteiger partial charge in [0.15, 0.2) is 6.29 Å². The van der Waals surface area contributed by atoms with E-state index in [1.54, 1.807) is 0 Å². The lowest BCUT2D eigenvalue weighted by molar-refractivity contribution is -0.301. The third kappa shape index (κ3) is 12.9. The fraction of sp³-hybridized carbons (Fsp3) is 0.875. The summed E-state index contributed by atoms with van der Waals surface area (Å²) in [5, 5.41) is 47.1. The summed E-state index contributed by atoms with van der Waals surface area (Å²) in [6.07, 6.45) is 12.8. The number of rotatable bonds is 19. The number of aliphatic hydroxyl groups excluding tert-OH is 4. The van der Waals surface area contributed by atoms with Crippen LogP contribution in [0.1, 0.15) is 89.9 Å². The molecule has 1 heterocycles. The van der Waals surface area contributed by atoms with Crippen LogP contribution in [0.25, 0.3) is 0 Å². The normalized spacial score (nSPS) is 26.1. The van der Waals surface area contributed by atoms with E-state index in [1.165, 1.54) is 32.1 Å². The standard InChI is InChI=1S/C24H44O8/c25-18-19-21(28)22(29)23(30)24(32-19)31-17-15-13-11-9-7-5-3-1-2-4-6-8-10-12-14-16-20(26)27/h1-2,19,21-25,28-30H,3-18H2,(H,26,27)/t19-,21-,22+,23-,24+/m1/s1. The minimum absolute atomic E-state index is 0.288. The van der Waals surface area contributed by atoms with Crippen molar-refractivity contribution in [3.05, 3.63) is 12.2 Å². The minimum Gasteiger partial charge on any atom is -0.481 e. The molecule has 0 spiro atoms. The molecule has 8 nitrogen and oxygen atoms in total. The van der Waals surface area contributed by atoms with Crippen molar-refractivity contribution in [2.45, 2.75) is 121 Å². The van der Waals surface area contributed by atoms with Crippen LogP contribution in [0, 0.1) is 0 Å². The number of carboxylic acids is 1. The molecular weight excluding hydrogens is 416 g/mol. The van der Waals surface area contributed by atoms with Crippen LogP contribution in [0.5, 0.6) is 0 Å². The summed E-state index contributed by atoms with van der Waals surface area (Å²) < 4.78 is 10.8. The van der Waals surface area contributed by atoms with E-state index in [1.807, 2.05) is 0 Å². The lowest BCUT2D eigenvalue weighted by atomic mass is 9.99. The summed E-state index contributed by atoms with van der Waals surface area (Å²) in [4.78, 5) is 10.4. The van der Waals surface area contributed by atoms with Gasteiger partial charge in [-0.3, -0.25) is 4.79 Å². The van der Waals surface area contributed by atoms with Gasteiger partial charge in [-0.1, -0.05) is 57.1 Å². The average Bonchev–Trinajstić information content (AvgIpc) is 2.77. The molecule has 188 valence electrons. The number of aliphatic hydroxyl groups is 4. The Morgan fingerprint density at radius 1 is 0.750 bits per heavy atom.